The first-order chi connectivity index (χ1) is 10.6. The SMILES string of the molecule is N[C@H]1CCOC[C@@H]1COc1ccc(-n2cc(Cl)cn2)cc1F. The number of nitrogens with zero attached hydrogens (tertiary/aromatic N) is 2. The van der Waals surface area contributed by atoms with Crippen molar-refractivity contribution in [1.29, 1.82) is 0 Å². The number of aromatic nitrogens is 2. The van der Waals surface area contributed by atoms with Crippen LogP contribution in [0.25, 0.3) is 5.69 Å². The zero-order chi connectivity index (χ0) is 15.5. The Bertz CT molecular complexity index is 649. The second-order valence-corrected chi connectivity index (χ2v) is 5.75. The zero-order valence-electron chi connectivity index (χ0n) is 11.9. The van der Waals surface area contributed by atoms with Gasteiger partial charge in [-0.25, -0.2) is 9.07 Å². The molecule has 1 saturated heterocycles. The predicted octanol–water partition coefficient (Wildman–Crippen LogP) is 2.41. The first-order valence-corrected chi connectivity index (χ1v) is 7.47. The molecule has 2 aromatic rings. The fourth-order valence-corrected chi connectivity index (χ4v) is 2.51. The lowest BCUT2D eigenvalue weighted by Gasteiger charge is -2.28. The van der Waals surface area contributed by atoms with Gasteiger partial charge in [-0.2, -0.15) is 5.10 Å². The van der Waals surface area contributed by atoms with E-state index in [0.717, 1.165) is 6.42 Å². The molecule has 0 amide bonds. The maximum Gasteiger partial charge on any atom is 0.167 e. The molecule has 5 nitrogen and oxygen atoms in total. The van der Waals surface area contributed by atoms with Crippen LogP contribution in [0.1, 0.15) is 6.42 Å². The van der Waals surface area contributed by atoms with Gasteiger partial charge in [-0.05, 0) is 18.6 Å². The topological polar surface area (TPSA) is 62.3 Å². The van der Waals surface area contributed by atoms with E-state index >= 15 is 0 Å². The molecular formula is C15H17ClFN3O2. The summed E-state index contributed by atoms with van der Waals surface area (Å²) in [4.78, 5) is 0. The molecule has 1 aromatic heterocycles. The van der Waals surface area contributed by atoms with E-state index in [1.807, 2.05) is 0 Å². The van der Waals surface area contributed by atoms with Crippen LogP contribution in [0.2, 0.25) is 5.02 Å². The summed E-state index contributed by atoms with van der Waals surface area (Å²) in [6.45, 7) is 1.56. The highest BCUT2D eigenvalue weighted by atomic mass is 35.5. The molecular weight excluding hydrogens is 309 g/mol. The van der Waals surface area contributed by atoms with Crippen LogP contribution >= 0.6 is 11.6 Å². The van der Waals surface area contributed by atoms with Crippen LogP contribution in [0.3, 0.4) is 0 Å². The summed E-state index contributed by atoms with van der Waals surface area (Å²) in [5.41, 5.74) is 6.58. The fraction of sp³-hybridized carbons (Fsp3) is 0.400. The molecule has 1 aliphatic heterocycles. The molecule has 2 N–H and O–H groups in total. The lowest BCUT2D eigenvalue weighted by atomic mass is 9.98. The number of benzene rings is 1. The number of ether oxygens (including phenoxy) is 2. The minimum absolute atomic E-state index is 0.0299. The molecule has 2 heterocycles. The van der Waals surface area contributed by atoms with Crippen molar-refractivity contribution < 1.29 is 13.9 Å². The van der Waals surface area contributed by atoms with Crippen molar-refractivity contribution in [2.24, 2.45) is 11.7 Å². The van der Waals surface area contributed by atoms with Gasteiger partial charge in [0.25, 0.3) is 0 Å². The van der Waals surface area contributed by atoms with E-state index < -0.39 is 5.82 Å². The molecule has 1 fully saturated rings. The van der Waals surface area contributed by atoms with Gasteiger partial charge in [0.15, 0.2) is 11.6 Å². The second kappa shape index (κ2) is 6.64. The highest BCUT2D eigenvalue weighted by molar-refractivity contribution is 6.30. The first kappa shape index (κ1) is 15.3. The van der Waals surface area contributed by atoms with Crippen LogP contribution in [0.15, 0.2) is 30.6 Å². The van der Waals surface area contributed by atoms with E-state index in [0.29, 0.717) is 30.5 Å². The monoisotopic (exact) mass is 325 g/mol. The smallest absolute Gasteiger partial charge is 0.167 e. The van der Waals surface area contributed by atoms with Crippen molar-refractivity contribution in [3.8, 4) is 11.4 Å². The van der Waals surface area contributed by atoms with Crippen molar-refractivity contribution in [2.75, 3.05) is 19.8 Å². The third kappa shape index (κ3) is 3.40. The molecule has 3 rings (SSSR count). The molecule has 0 radical (unpaired) electrons. The van der Waals surface area contributed by atoms with Crippen LogP contribution in [0.5, 0.6) is 5.75 Å². The highest BCUT2D eigenvalue weighted by Gasteiger charge is 2.23. The summed E-state index contributed by atoms with van der Waals surface area (Å²) >= 11 is 5.81. The van der Waals surface area contributed by atoms with E-state index in [-0.39, 0.29) is 17.7 Å². The van der Waals surface area contributed by atoms with Gasteiger partial charge in [-0.15, -0.1) is 0 Å². The Hall–Kier alpha value is -1.63. The zero-order valence-corrected chi connectivity index (χ0v) is 12.7. The van der Waals surface area contributed by atoms with Gasteiger partial charge in [0, 0.05) is 30.8 Å². The Kier molecular flexibility index (Phi) is 4.61. The summed E-state index contributed by atoms with van der Waals surface area (Å²) < 4.78 is 26.6. The molecule has 0 aliphatic carbocycles. The molecule has 1 aliphatic rings. The van der Waals surface area contributed by atoms with Crippen molar-refractivity contribution in [2.45, 2.75) is 12.5 Å². The lowest BCUT2D eigenvalue weighted by molar-refractivity contribution is 0.0220. The lowest BCUT2D eigenvalue weighted by Crippen LogP contribution is -2.41. The van der Waals surface area contributed by atoms with Crippen LogP contribution < -0.4 is 10.5 Å². The van der Waals surface area contributed by atoms with Gasteiger partial charge in [0.05, 0.1) is 30.1 Å². The Morgan fingerprint density at radius 2 is 2.36 bits per heavy atom. The second-order valence-electron chi connectivity index (χ2n) is 5.32. The molecule has 7 heteroatoms. The largest absolute Gasteiger partial charge is 0.490 e. The van der Waals surface area contributed by atoms with Crippen molar-refractivity contribution in [3.63, 3.8) is 0 Å². The van der Waals surface area contributed by atoms with Gasteiger partial charge in [0.2, 0.25) is 0 Å². The summed E-state index contributed by atoms with van der Waals surface area (Å²) in [5, 5.41) is 4.52. The van der Waals surface area contributed by atoms with Crippen LogP contribution in [0.4, 0.5) is 4.39 Å². The first-order valence-electron chi connectivity index (χ1n) is 7.09. The number of hydrogen-bond donors (Lipinski definition) is 1. The van der Waals surface area contributed by atoms with Gasteiger partial charge in [0.1, 0.15) is 0 Å². The number of nitrogens with two attached hydrogens (primary N) is 1. The normalized spacial score (nSPS) is 21.8. The average Bonchev–Trinajstić information content (AvgIpc) is 2.94. The Balaban J connectivity index is 1.67. The summed E-state index contributed by atoms with van der Waals surface area (Å²) in [7, 11) is 0. The van der Waals surface area contributed by atoms with E-state index in [9.17, 15) is 4.39 Å². The molecule has 0 bridgehead atoms. The third-order valence-electron chi connectivity index (χ3n) is 3.72. The minimum Gasteiger partial charge on any atom is -0.490 e. The van der Waals surface area contributed by atoms with Crippen LogP contribution in [-0.4, -0.2) is 35.6 Å². The molecule has 2 atom stereocenters. The minimum atomic E-state index is -0.450. The summed E-state index contributed by atoms with van der Waals surface area (Å²) in [5.74, 6) is -0.174. The van der Waals surface area contributed by atoms with Crippen LogP contribution in [-0.2, 0) is 4.74 Å². The maximum atomic E-state index is 14.1. The number of rotatable bonds is 4. The Morgan fingerprint density at radius 1 is 1.50 bits per heavy atom. The highest BCUT2D eigenvalue weighted by Crippen LogP contribution is 2.23. The standard InChI is InChI=1S/C15H17ClFN3O2/c16-11-6-19-20(7-11)12-1-2-15(13(17)5-12)22-9-10-8-21-4-3-14(10)18/h1-2,5-7,10,14H,3-4,8-9,18H2/t10-,14+/m1/s1. The van der Waals surface area contributed by atoms with E-state index in [1.165, 1.54) is 16.9 Å². The Labute approximate surface area is 132 Å². The molecule has 118 valence electrons. The molecule has 1 aromatic carbocycles. The van der Waals surface area contributed by atoms with E-state index in [2.05, 4.69) is 5.10 Å². The quantitative estimate of drug-likeness (QED) is 0.937. The maximum absolute atomic E-state index is 14.1. The fourth-order valence-electron chi connectivity index (χ4n) is 2.37. The number of halogens is 2. The van der Waals surface area contributed by atoms with Gasteiger partial charge >= 0.3 is 0 Å². The van der Waals surface area contributed by atoms with Gasteiger partial charge in [-0.3, -0.25) is 0 Å². The van der Waals surface area contributed by atoms with Gasteiger partial charge in [-0.1, -0.05) is 11.6 Å². The van der Waals surface area contributed by atoms with Crippen molar-refractivity contribution in [1.82, 2.24) is 9.78 Å². The predicted molar refractivity (Wildman–Crippen MR) is 80.9 cm³/mol. The number of hydrogen-bond acceptors (Lipinski definition) is 4. The van der Waals surface area contributed by atoms with Crippen molar-refractivity contribution >= 4 is 11.6 Å². The summed E-state index contributed by atoms with van der Waals surface area (Å²) in [6, 6.07) is 4.69. The Morgan fingerprint density at radius 3 is 3.05 bits per heavy atom. The molecule has 0 saturated carbocycles. The van der Waals surface area contributed by atoms with Gasteiger partial charge < -0.3 is 15.2 Å². The van der Waals surface area contributed by atoms with E-state index in [1.54, 1.807) is 18.3 Å². The summed E-state index contributed by atoms with van der Waals surface area (Å²) in [6.07, 6.45) is 3.90. The third-order valence-corrected chi connectivity index (χ3v) is 3.91. The molecule has 0 unspecified atom stereocenters. The van der Waals surface area contributed by atoms with E-state index in [4.69, 9.17) is 26.8 Å². The average molecular weight is 326 g/mol. The molecule has 0 spiro atoms. The van der Waals surface area contributed by atoms with Crippen LogP contribution in [0, 0.1) is 11.7 Å². The van der Waals surface area contributed by atoms with Crippen molar-refractivity contribution in [3.05, 3.63) is 41.4 Å². The molecule has 22 heavy (non-hydrogen) atoms.